The van der Waals surface area contributed by atoms with Crippen molar-refractivity contribution in [3.63, 3.8) is 0 Å². The van der Waals surface area contributed by atoms with Gasteiger partial charge < -0.3 is 0 Å². The van der Waals surface area contributed by atoms with Crippen molar-refractivity contribution < 1.29 is 9.59 Å². The van der Waals surface area contributed by atoms with Crippen molar-refractivity contribution in [3.8, 4) is 0 Å². The molecule has 2 N–H and O–H groups in total. The molecular weight excluding hydrogens is 168 g/mol. The summed E-state index contributed by atoms with van der Waals surface area (Å²) in [7, 11) is 0. The van der Waals surface area contributed by atoms with Crippen LogP contribution in [-0.2, 0) is 4.79 Å². The van der Waals surface area contributed by atoms with E-state index in [9.17, 15) is 9.59 Å². The van der Waals surface area contributed by atoms with Crippen LogP contribution in [-0.4, -0.2) is 16.8 Å². The van der Waals surface area contributed by atoms with Gasteiger partial charge in [-0.05, 0) is 12.1 Å². The molecule has 4 heteroatoms. The second kappa shape index (κ2) is 3.82. The minimum Gasteiger partial charge on any atom is -0.273 e. The number of amides is 2. The molecule has 0 aromatic heterocycles. The third-order valence-corrected chi connectivity index (χ3v) is 1.58. The van der Waals surface area contributed by atoms with E-state index in [1.807, 2.05) is 0 Å². The lowest BCUT2D eigenvalue weighted by atomic mass is 10.2. The molecule has 4 nitrogen and oxygen atoms in total. The molecule has 0 aliphatic heterocycles. The van der Waals surface area contributed by atoms with Gasteiger partial charge in [-0.15, -0.1) is 0 Å². The van der Waals surface area contributed by atoms with Crippen LogP contribution in [0.2, 0.25) is 0 Å². The predicted octanol–water partition coefficient (Wildman–Crippen LogP) is 0.549. The van der Waals surface area contributed by atoms with Gasteiger partial charge in [-0.3, -0.25) is 9.59 Å². The number of nitrogens with zero attached hydrogens (tertiary/aromatic N) is 1. The monoisotopic (exact) mass is 178 g/mol. The van der Waals surface area contributed by atoms with E-state index >= 15 is 0 Å². The maximum absolute atomic E-state index is 11.4. The Hall–Kier alpha value is -1.68. The van der Waals surface area contributed by atoms with Crippen LogP contribution < -0.4 is 5.84 Å². The summed E-state index contributed by atoms with van der Waals surface area (Å²) >= 11 is 0. The topological polar surface area (TPSA) is 63.4 Å². The zero-order valence-electron chi connectivity index (χ0n) is 7.23. The molecule has 1 rings (SSSR count). The van der Waals surface area contributed by atoms with Crippen LogP contribution in [0.25, 0.3) is 0 Å². The van der Waals surface area contributed by atoms with Crippen LogP contribution in [0, 0.1) is 0 Å². The number of benzene rings is 1. The Labute approximate surface area is 75.9 Å². The number of hydrazine groups is 1. The largest absolute Gasteiger partial charge is 0.274 e. The van der Waals surface area contributed by atoms with E-state index in [0.29, 0.717) is 10.6 Å². The first kappa shape index (κ1) is 9.41. The maximum atomic E-state index is 11.4. The van der Waals surface area contributed by atoms with Gasteiger partial charge in [0.1, 0.15) is 0 Å². The normalized spacial score (nSPS) is 9.38. The van der Waals surface area contributed by atoms with Crippen LogP contribution in [0.3, 0.4) is 0 Å². The first-order valence-electron chi connectivity index (χ1n) is 3.77. The molecule has 0 saturated carbocycles. The molecule has 0 aliphatic rings. The lowest BCUT2D eigenvalue weighted by Gasteiger charge is -2.11. The molecule has 0 fully saturated rings. The Morgan fingerprint density at radius 3 is 2.23 bits per heavy atom. The van der Waals surface area contributed by atoms with Crippen molar-refractivity contribution in [2.24, 2.45) is 5.84 Å². The summed E-state index contributed by atoms with van der Waals surface area (Å²) in [4.78, 5) is 22.1. The summed E-state index contributed by atoms with van der Waals surface area (Å²) in [5.74, 6) is 4.26. The summed E-state index contributed by atoms with van der Waals surface area (Å²) in [5.41, 5.74) is 0.403. The average Bonchev–Trinajstić information content (AvgIpc) is 2.17. The number of imide groups is 1. The zero-order chi connectivity index (χ0) is 9.84. The van der Waals surface area contributed by atoms with Gasteiger partial charge in [-0.25, -0.2) is 10.9 Å². The van der Waals surface area contributed by atoms with Crippen LogP contribution in [0.5, 0.6) is 0 Å². The third-order valence-electron chi connectivity index (χ3n) is 1.58. The average molecular weight is 178 g/mol. The molecule has 1 aromatic rings. The highest BCUT2D eigenvalue weighted by molar-refractivity contribution is 6.03. The quantitative estimate of drug-likeness (QED) is 0.388. The predicted molar refractivity (Wildman–Crippen MR) is 47.5 cm³/mol. The van der Waals surface area contributed by atoms with Gasteiger partial charge in [0, 0.05) is 12.5 Å². The summed E-state index contributed by atoms with van der Waals surface area (Å²) in [6, 6.07) is 8.41. The van der Waals surface area contributed by atoms with Crippen LogP contribution in [0.15, 0.2) is 30.3 Å². The maximum Gasteiger partial charge on any atom is 0.274 e. The number of hydrogen-bond donors (Lipinski definition) is 1. The van der Waals surface area contributed by atoms with Crippen molar-refractivity contribution in [1.29, 1.82) is 0 Å². The van der Waals surface area contributed by atoms with E-state index in [4.69, 9.17) is 5.84 Å². The van der Waals surface area contributed by atoms with E-state index in [-0.39, 0.29) is 0 Å². The first-order chi connectivity index (χ1) is 6.13. The van der Waals surface area contributed by atoms with Crippen LogP contribution in [0.1, 0.15) is 17.3 Å². The third kappa shape index (κ3) is 2.13. The SMILES string of the molecule is CC(=O)N(N)C(=O)c1ccccc1. The van der Waals surface area contributed by atoms with E-state index < -0.39 is 11.8 Å². The van der Waals surface area contributed by atoms with Gasteiger partial charge in [0.15, 0.2) is 0 Å². The molecular formula is C9H10N2O2. The molecule has 13 heavy (non-hydrogen) atoms. The van der Waals surface area contributed by atoms with Crippen molar-refractivity contribution in [2.45, 2.75) is 6.92 Å². The zero-order valence-corrected chi connectivity index (χ0v) is 7.23. The fourth-order valence-electron chi connectivity index (χ4n) is 0.863. The molecule has 1 aromatic carbocycles. The number of nitrogens with two attached hydrogens (primary N) is 1. The number of carbonyl (C=O) groups is 2. The van der Waals surface area contributed by atoms with Crippen LogP contribution in [0.4, 0.5) is 0 Å². The number of rotatable bonds is 1. The Bertz CT molecular complexity index is 322. The second-order valence-corrected chi connectivity index (χ2v) is 2.56. The van der Waals surface area contributed by atoms with E-state index in [1.165, 1.54) is 6.92 Å². The van der Waals surface area contributed by atoms with Crippen LogP contribution >= 0.6 is 0 Å². The summed E-state index contributed by atoms with van der Waals surface area (Å²) in [5, 5.41) is 0.593. The molecule has 68 valence electrons. The second-order valence-electron chi connectivity index (χ2n) is 2.56. The molecule has 0 aliphatic carbocycles. The van der Waals surface area contributed by atoms with Gasteiger partial charge in [-0.2, -0.15) is 0 Å². The van der Waals surface area contributed by atoms with Gasteiger partial charge in [0.2, 0.25) is 5.91 Å². The van der Waals surface area contributed by atoms with Gasteiger partial charge in [0.25, 0.3) is 5.91 Å². The lowest BCUT2D eigenvalue weighted by molar-refractivity contribution is -0.126. The Morgan fingerprint density at radius 1 is 1.23 bits per heavy atom. The molecule has 0 saturated heterocycles. The van der Waals surface area contributed by atoms with Crippen molar-refractivity contribution >= 4 is 11.8 Å². The highest BCUT2D eigenvalue weighted by Gasteiger charge is 2.14. The van der Waals surface area contributed by atoms with E-state index in [0.717, 1.165) is 0 Å². The molecule has 0 atom stereocenters. The van der Waals surface area contributed by atoms with Crippen molar-refractivity contribution in [2.75, 3.05) is 0 Å². The van der Waals surface area contributed by atoms with Gasteiger partial charge >= 0.3 is 0 Å². The smallest absolute Gasteiger partial charge is 0.273 e. The van der Waals surface area contributed by atoms with E-state index in [2.05, 4.69) is 0 Å². The fourth-order valence-corrected chi connectivity index (χ4v) is 0.863. The summed E-state index contributed by atoms with van der Waals surface area (Å²) in [6.07, 6.45) is 0. The number of hydrogen-bond acceptors (Lipinski definition) is 3. The first-order valence-corrected chi connectivity index (χ1v) is 3.77. The van der Waals surface area contributed by atoms with Crippen molar-refractivity contribution in [1.82, 2.24) is 5.01 Å². The van der Waals surface area contributed by atoms with Crippen molar-refractivity contribution in [3.05, 3.63) is 35.9 Å². The Morgan fingerprint density at radius 2 is 1.77 bits per heavy atom. The minimum absolute atomic E-state index is 0.403. The lowest BCUT2D eigenvalue weighted by Crippen LogP contribution is -2.41. The summed E-state index contributed by atoms with van der Waals surface area (Å²) in [6.45, 7) is 1.24. The molecule has 0 bridgehead atoms. The Kier molecular flexibility index (Phi) is 2.76. The van der Waals surface area contributed by atoms with Gasteiger partial charge in [0.05, 0.1) is 0 Å². The van der Waals surface area contributed by atoms with Gasteiger partial charge in [-0.1, -0.05) is 18.2 Å². The minimum atomic E-state index is -0.493. The molecule has 0 unspecified atom stereocenters. The molecule has 2 amide bonds. The number of carbonyl (C=O) groups excluding carboxylic acids is 2. The Balaban J connectivity index is 2.86. The highest BCUT2D eigenvalue weighted by Crippen LogP contribution is 2.01. The fraction of sp³-hybridized carbons (Fsp3) is 0.111. The van der Waals surface area contributed by atoms with E-state index in [1.54, 1.807) is 30.3 Å². The standard InChI is InChI=1S/C9H10N2O2/c1-7(12)11(10)9(13)8-5-3-2-4-6-8/h2-6H,10H2,1H3. The summed E-state index contributed by atoms with van der Waals surface area (Å²) < 4.78 is 0. The molecule has 0 spiro atoms. The molecule has 0 radical (unpaired) electrons. The highest BCUT2D eigenvalue weighted by atomic mass is 16.2. The molecule has 0 heterocycles.